The Morgan fingerprint density at radius 1 is 1.45 bits per heavy atom. The van der Waals surface area contributed by atoms with E-state index < -0.39 is 12.0 Å². The number of hydrogen-bond donors (Lipinski definition) is 2. The highest BCUT2D eigenvalue weighted by Crippen LogP contribution is 2.28. The van der Waals surface area contributed by atoms with Crippen LogP contribution in [0.3, 0.4) is 0 Å². The zero-order valence-electron chi connectivity index (χ0n) is 13.0. The van der Waals surface area contributed by atoms with E-state index in [1.807, 2.05) is 18.9 Å². The van der Waals surface area contributed by atoms with E-state index >= 15 is 0 Å². The van der Waals surface area contributed by atoms with Crippen LogP contribution in [-0.2, 0) is 9.53 Å². The monoisotopic (exact) mass is 307 g/mol. The lowest BCUT2D eigenvalue weighted by molar-refractivity contribution is -0.139. The first kappa shape index (κ1) is 16.1. The second kappa shape index (κ2) is 7.13. The van der Waals surface area contributed by atoms with Crippen LogP contribution in [0, 0.1) is 0 Å². The second-order valence-electron chi connectivity index (χ2n) is 4.99. The van der Waals surface area contributed by atoms with Crippen molar-refractivity contribution >= 4 is 12.0 Å². The quantitative estimate of drug-likeness (QED) is 0.776. The van der Waals surface area contributed by atoms with E-state index in [4.69, 9.17) is 9.15 Å². The number of ether oxygens (including phenoxy) is 1. The average Bonchev–Trinajstić information content (AvgIpc) is 3.00. The molecule has 0 bridgehead atoms. The predicted octanol–water partition coefficient (Wildman–Crippen LogP) is 1.40. The van der Waals surface area contributed by atoms with Crippen LogP contribution in [-0.4, -0.2) is 43.6 Å². The molecule has 1 aliphatic rings. The van der Waals surface area contributed by atoms with E-state index in [9.17, 15) is 9.59 Å². The van der Waals surface area contributed by atoms with E-state index in [0.29, 0.717) is 23.6 Å². The van der Waals surface area contributed by atoms with Gasteiger partial charge in [-0.05, 0) is 32.6 Å². The summed E-state index contributed by atoms with van der Waals surface area (Å²) >= 11 is 0. The molecule has 2 heterocycles. The molecule has 0 unspecified atom stereocenters. The topological polar surface area (TPSA) is 83.8 Å². The van der Waals surface area contributed by atoms with Gasteiger partial charge in [-0.1, -0.05) is 6.92 Å². The number of amides is 2. The molecule has 1 atom stereocenters. The molecule has 2 N–H and O–H groups in total. The van der Waals surface area contributed by atoms with Gasteiger partial charge in [0.25, 0.3) is 0 Å². The highest BCUT2D eigenvalue weighted by molar-refractivity contribution is 5.95. The van der Waals surface area contributed by atoms with Gasteiger partial charge in [-0.15, -0.1) is 0 Å². The molecule has 7 heteroatoms. The third kappa shape index (κ3) is 3.48. The summed E-state index contributed by atoms with van der Waals surface area (Å²) in [5.41, 5.74) is 0.907. The maximum atomic E-state index is 12.4. The van der Waals surface area contributed by atoms with Crippen molar-refractivity contribution in [1.82, 2.24) is 15.5 Å². The lowest BCUT2D eigenvalue weighted by Crippen LogP contribution is -2.48. The van der Waals surface area contributed by atoms with Gasteiger partial charge in [0, 0.05) is 12.2 Å². The van der Waals surface area contributed by atoms with E-state index in [0.717, 1.165) is 6.54 Å². The molecule has 0 spiro atoms. The van der Waals surface area contributed by atoms with Gasteiger partial charge in [-0.3, -0.25) is 0 Å². The number of esters is 1. The number of furan rings is 1. The van der Waals surface area contributed by atoms with Gasteiger partial charge < -0.3 is 24.7 Å². The van der Waals surface area contributed by atoms with Gasteiger partial charge in [0.15, 0.2) is 0 Å². The normalized spacial score (nSPS) is 18.2. The summed E-state index contributed by atoms with van der Waals surface area (Å²) in [7, 11) is 1.91. The van der Waals surface area contributed by atoms with Gasteiger partial charge >= 0.3 is 12.0 Å². The second-order valence-corrected chi connectivity index (χ2v) is 4.99. The predicted molar refractivity (Wildman–Crippen MR) is 79.9 cm³/mol. The average molecular weight is 307 g/mol. The maximum Gasteiger partial charge on any atom is 0.338 e. The summed E-state index contributed by atoms with van der Waals surface area (Å²) in [4.78, 5) is 26.3. The van der Waals surface area contributed by atoms with Crippen molar-refractivity contribution in [3.8, 4) is 0 Å². The largest absolute Gasteiger partial charge is 0.467 e. The number of carbonyl (C=O) groups excluding carboxylic acids is 2. The highest BCUT2D eigenvalue weighted by atomic mass is 16.5. The third-order valence-electron chi connectivity index (χ3n) is 3.44. The van der Waals surface area contributed by atoms with Gasteiger partial charge in [0.1, 0.15) is 11.8 Å². The van der Waals surface area contributed by atoms with Crippen molar-refractivity contribution in [3.63, 3.8) is 0 Å². The number of urea groups is 1. The van der Waals surface area contributed by atoms with Crippen molar-refractivity contribution in [3.05, 3.63) is 35.4 Å². The van der Waals surface area contributed by atoms with Crippen LogP contribution in [0.15, 0.2) is 34.1 Å². The molecule has 0 aromatic carbocycles. The summed E-state index contributed by atoms with van der Waals surface area (Å²) in [5, 5.41) is 5.42. The first-order valence-electron chi connectivity index (χ1n) is 7.26. The minimum atomic E-state index is -0.650. The zero-order valence-corrected chi connectivity index (χ0v) is 13.0. The van der Waals surface area contributed by atoms with E-state index in [2.05, 4.69) is 10.6 Å². The molecule has 0 fully saturated rings. The number of carbonyl (C=O) groups is 2. The van der Waals surface area contributed by atoms with Crippen LogP contribution >= 0.6 is 0 Å². The molecule has 0 aliphatic carbocycles. The molecule has 2 amide bonds. The Bertz CT molecular complexity index is 565. The molecule has 7 nitrogen and oxygen atoms in total. The fraction of sp³-hybridized carbons (Fsp3) is 0.467. The Labute approximate surface area is 129 Å². The molecule has 120 valence electrons. The van der Waals surface area contributed by atoms with Gasteiger partial charge in [-0.25, -0.2) is 9.59 Å². The molecular weight excluding hydrogens is 286 g/mol. The SMILES string of the molecule is CCOC(=O)C1=C(CN(C)CC)NC(=O)N[C@H]1c1ccco1. The minimum absolute atomic E-state index is 0.262. The molecule has 1 aromatic rings. The van der Waals surface area contributed by atoms with Crippen LogP contribution in [0.1, 0.15) is 25.6 Å². The Morgan fingerprint density at radius 2 is 2.23 bits per heavy atom. The molecule has 0 radical (unpaired) electrons. The smallest absolute Gasteiger partial charge is 0.338 e. The summed E-state index contributed by atoms with van der Waals surface area (Å²) in [5.74, 6) is 0.0328. The Morgan fingerprint density at radius 3 is 2.82 bits per heavy atom. The fourth-order valence-corrected chi connectivity index (χ4v) is 2.24. The lowest BCUT2D eigenvalue weighted by Gasteiger charge is -2.29. The first-order chi connectivity index (χ1) is 10.6. The molecule has 22 heavy (non-hydrogen) atoms. The Balaban J connectivity index is 2.43. The molecule has 0 saturated carbocycles. The van der Waals surface area contributed by atoms with Gasteiger partial charge in [-0.2, -0.15) is 0 Å². The number of rotatable bonds is 6. The van der Waals surface area contributed by atoms with Crippen LogP contribution in [0.4, 0.5) is 4.79 Å². The molecule has 1 aromatic heterocycles. The van der Waals surface area contributed by atoms with Crippen LogP contribution < -0.4 is 10.6 Å². The molecule has 2 rings (SSSR count). The zero-order chi connectivity index (χ0) is 16.1. The Kier molecular flexibility index (Phi) is 5.21. The lowest BCUT2D eigenvalue weighted by atomic mass is 10.00. The van der Waals surface area contributed by atoms with Crippen LogP contribution in [0.2, 0.25) is 0 Å². The summed E-state index contributed by atoms with van der Waals surface area (Å²) in [6.45, 7) is 5.23. The molecule has 1 aliphatic heterocycles. The molecule has 0 saturated heterocycles. The third-order valence-corrected chi connectivity index (χ3v) is 3.44. The number of hydrogen-bond acceptors (Lipinski definition) is 5. The van der Waals surface area contributed by atoms with Crippen molar-refractivity contribution in [1.29, 1.82) is 0 Å². The summed E-state index contributed by atoms with van der Waals surface area (Å²) < 4.78 is 10.5. The number of likely N-dealkylation sites (N-methyl/N-ethyl adjacent to an activating group) is 1. The van der Waals surface area contributed by atoms with Gasteiger partial charge in [0.05, 0.1) is 18.4 Å². The highest BCUT2D eigenvalue weighted by Gasteiger charge is 2.35. The number of nitrogens with zero attached hydrogens (tertiary/aromatic N) is 1. The van der Waals surface area contributed by atoms with Crippen molar-refractivity contribution < 1.29 is 18.7 Å². The summed E-state index contributed by atoms with van der Waals surface area (Å²) in [6.07, 6.45) is 1.50. The van der Waals surface area contributed by atoms with Crippen molar-refractivity contribution in [2.45, 2.75) is 19.9 Å². The fourth-order valence-electron chi connectivity index (χ4n) is 2.24. The van der Waals surface area contributed by atoms with Crippen LogP contribution in [0.25, 0.3) is 0 Å². The van der Waals surface area contributed by atoms with Gasteiger partial charge in [0.2, 0.25) is 0 Å². The first-order valence-corrected chi connectivity index (χ1v) is 7.26. The maximum absolute atomic E-state index is 12.4. The standard InChI is InChI=1S/C15H21N3O4/c1-4-18(3)9-10-12(14(19)21-5-2)13(17-15(20)16-10)11-7-6-8-22-11/h6-8,13H,4-5,9H2,1-3H3,(H2,16,17,20)/t13-/m0/s1. The summed E-state index contributed by atoms with van der Waals surface area (Å²) in [6, 6.07) is 2.41. The van der Waals surface area contributed by atoms with Crippen molar-refractivity contribution in [2.24, 2.45) is 0 Å². The van der Waals surface area contributed by atoms with E-state index in [-0.39, 0.29) is 12.6 Å². The molecular formula is C15H21N3O4. The number of nitrogens with one attached hydrogen (secondary N) is 2. The minimum Gasteiger partial charge on any atom is -0.467 e. The Hall–Kier alpha value is -2.28. The van der Waals surface area contributed by atoms with E-state index in [1.165, 1.54) is 6.26 Å². The van der Waals surface area contributed by atoms with Crippen LogP contribution in [0.5, 0.6) is 0 Å². The van der Waals surface area contributed by atoms with E-state index in [1.54, 1.807) is 19.1 Å². The van der Waals surface area contributed by atoms with Crippen molar-refractivity contribution in [2.75, 3.05) is 26.7 Å².